The lowest BCUT2D eigenvalue weighted by Gasteiger charge is -2.11. The molecule has 0 spiro atoms. The number of methoxy groups -OCH3 is 1. The Morgan fingerprint density at radius 2 is 1.86 bits per heavy atom. The number of para-hydroxylation sites is 2. The number of anilines is 1. The van der Waals surface area contributed by atoms with Crippen molar-refractivity contribution in [2.45, 2.75) is 39.0 Å². The van der Waals surface area contributed by atoms with Gasteiger partial charge in [-0.2, -0.15) is 0 Å². The fraction of sp³-hybridized carbons (Fsp3) is 0.467. The maximum absolute atomic E-state index is 11.7. The van der Waals surface area contributed by atoms with Crippen LogP contribution in [0.15, 0.2) is 24.3 Å². The highest BCUT2D eigenvalue weighted by atomic mass is 16.5. The van der Waals surface area contributed by atoms with E-state index in [2.05, 4.69) is 23.1 Å². The molecular formula is C15H23N3O3. The molecule has 3 N–H and O–H groups in total. The molecule has 0 aliphatic carbocycles. The van der Waals surface area contributed by atoms with Gasteiger partial charge < -0.3 is 10.1 Å². The van der Waals surface area contributed by atoms with Crippen LogP contribution >= 0.6 is 0 Å². The summed E-state index contributed by atoms with van der Waals surface area (Å²) in [5.41, 5.74) is 5.23. The molecule has 0 bridgehead atoms. The van der Waals surface area contributed by atoms with E-state index >= 15 is 0 Å². The Balaban J connectivity index is 2.29. The van der Waals surface area contributed by atoms with Gasteiger partial charge in [0.2, 0.25) is 5.91 Å². The summed E-state index contributed by atoms with van der Waals surface area (Å²) in [6.45, 7) is 2.11. The summed E-state index contributed by atoms with van der Waals surface area (Å²) >= 11 is 0. The van der Waals surface area contributed by atoms with Gasteiger partial charge in [0.1, 0.15) is 5.75 Å². The minimum atomic E-state index is -0.513. The molecule has 1 aromatic carbocycles. The van der Waals surface area contributed by atoms with Gasteiger partial charge in [0, 0.05) is 6.42 Å². The molecule has 0 radical (unpaired) electrons. The van der Waals surface area contributed by atoms with E-state index in [0.717, 1.165) is 25.7 Å². The van der Waals surface area contributed by atoms with Crippen LogP contribution in [0.4, 0.5) is 10.5 Å². The van der Waals surface area contributed by atoms with Crippen LogP contribution in [0.5, 0.6) is 5.75 Å². The first-order chi connectivity index (χ1) is 10.2. The van der Waals surface area contributed by atoms with Crippen molar-refractivity contribution in [1.29, 1.82) is 0 Å². The van der Waals surface area contributed by atoms with Gasteiger partial charge in [-0.1, -0.05) is 38.3 Å². The quantitative estimate of drug-likeness (QED) is 0.534. The Hall–Kier alpha value is -2.24. The molecule has 0 saturated carbocycles. The molecule has 3 amide bonds. The number of amides is 3. The second-order valence-electron chi connectivity index (χ2n) is 4.64. The molecule has 0 aromatic heterocycles. The van der Waals surface area contributed by atoms with Crippen LogP contribution in [0.3, 0.4) is 0 Å². The third-order valence-electron chi connectivity index (χ3n) is 2.93. The minimum absolute atomic E-state index is 0.193. The zero-order valence-corrected chi connectivity index (χ0v) is 12.6. The lowest BCUT2D eigenvalue weighted by molar-refractivity contribution is -0.121. The highest BCUT2D eigenvalue weighted by molar-refractivity contribution is 5.92. The third kappa shape index (κ3) is 6.65. The summed E-state index contributed by atoms with van der Waals surface area (Å²) in [4.78, 5) is 23.2. The average Bonchev–Trinajstić information content (AvgIpc) is 2.50. The number of carbonyl (C=O) groups excluding carboxylic acids is 2. The highest BCUT2D eigenvalue weighted by Gasteiger charge is 2.07. The van der Waals surface area contributed by atoms with Crippen molar-refractivity contribution in [2.24, 2.45) is 0 Å². The number of carbonyl (C=O) groups is 2. The van der Waals surface area contributed by atoms with Crippen LogP contribution in [0.25, 0.3) is 0 Å². The van der Waals surface area contributed by atoms with Crippen LogP contribution in [0.2, 0.25) is 0 Å². The fourth-order valence-corrected chi connectivity index (χ4v) is 1.80. The first kappa shape index (κ1) is 16.8. The Bertz CT molecular complexity index is 463. The summed E-state index contributed by atoms with van der Waals surface area (Å²) in [7, 11) is 1.52. The van der Waals surface area contributed by atoms with Crippen LogP contribution in [-0.2, 0) is 4.79 Å². The van der Waals surface area contributed by atoms with Gasteiger partial charge in [-0.3, -0.25) is 10.2 Å². The third-order valence-corrected chi connectivity index (χ3v) is 2.93. The Morgan fingerprint density at radius 1 is 1.10 bits per heavy atom. The molecular weight excluding hydrogens is 270 g/mol. The summed E-state index contributed by atoms with van der Waals surface area (Å²) in [6.07, 6.45) is 4.51. The first-order valence-electron chi connectivity index (χ1n) is 7.16. The Labute approximate surface area is 125 Å². The van der Waals surface area contributed by atoms with E-state index < -0.39 is 6.03 Å². The van der Waals surface area contributed by atoms with E-state index in [4.69, 9.17) is 4.74 Å². The van der Waals surface area contributed by atoms with E-state index in [9.17, 15) is 9.59 Å². The smallest absolute Gasteiger partial charge is 0.338 e. The topological polar surface area (TPSA) is 79.5 Å². The Morgan fingerprint density at radius 3 is 2.57 bits per heavy atom. The van der Waals surface area contributed by atoms with Crippen molar-refractivity contribution in [3.05, 3.63) is 24.3 Å². The first-order valence-corrected chi connectivity index (χ1v) is 7.16. The highest BCUT2D eigenvalue weighted by Crippen LogP contribution is 2.22. The van der Waals surface area contributed by atoms with Gasteiger partial charge in [-0.15, -0.1) is 0 Å². The summed E-state index contributed by atoms with van der Waals surface area (Å²) < 4.78 is 5.12. The van der Waals surface area contributed by atoms with Gasteiger partial charge in [0.15, 0.2) is 0 Å². The molecule has 116 valence electrons. The van der Waals surface area contributed by atoms with Crippen LogP contribution < -0.4 is 20.9 Å². The van der Waals surface area contributed by atoms with Crippen molar-refractivity contribution in [1.82, 2.24) is 10.9 Å². The molecule has 21 heavy (non-hydrogen) atoms. The minimum Gasteiger partial charge on any atom is -0.495 e. The number of hydrogen-bond donors (Lipinski definition) is 3. The number of hydrazine groups is 1. The maximum Gasteiger partial charge on any atom is 0.338 e. The predicted octanol–water partition coefficient (Wildman–Crippen LogP) is 2.82. The molecule has 0 heterocycles. The second kappa shape index (κ2) is 9.63. The number of rotatable bonds is 7. The zero-order chi connectivity index (χ0) is 15.5. The molecule has 6 heteroatoms. The summed E-state index contributed by atoms with van der Waals surface area (Å²) in [5, 5.41) is 2.60. The van der Waals surface area contributed by atoms with Gasteiger partial charge in [0.05, 0.1) is 12.8 Å². The van der Waals surface area contributed by atoms with E-state index in [1.807, 2.05) is 0 Å². The molecule has 0 aliphatic heterocycles. The van der Waals surface area contributed by atoms with Crippen molar-refractivity contribution >= 4 is 17.6 Å². The number of hydrogen-bond acceptors (Lipinski definition) is 3. The molecule has 1 rings (SSSR count). The number of urea groups is 1. The lowest BCUT2D eigenvalue weighted by atomic mass is 10.1. The van der Waals surface area contributed by atoms with Crippen LogP contribution in [-0.4, -0.2) is 19.0 Å². The molecule has 6 nitrogen and oxygen atoms in total. The molecule has 0 atom stereocenters. The van der Waals surface area contributed by atoms with Crippen molar-refractivity contribution in [2.75, 3.05) is 12.4 Å². The van der Waals surface area contributed by atoms with Crippen molar-refractivity contribution in [3.8, 4) is 5.75 Å². The fourth-order valence-electron chi connectivity index (χ4n) is 1.80. The van der Waals surface area contributed by atoms with E-state index in [0.29, 0.717) is 17.9 Å². The van der Waals surface area contributed by atoms with Crippen LogP contribution in [0.1, 0.15) is 39.0 Å². The largest absolute Gasteiger partial charge is 0.495 e. The SMILES string of the molecule is CCCCCCC(=O)NNC(=O)Nc1ccccc1OC. The number of unbranched alkanes of at least 4 members (excludes halogenated alkanes) is 3. The average molecular weight is 293 g/mol. The molecule has 0 aliphatic rings. The number of benzene rings is 1. The normalized spacial score (nSPS) is 9.81. The number of nitrogens with one attached hydrogen (secondary N) is 3. The van der Waals surface area contributed by atoms with E-state index in [1.165, 1.54) is 7.11 Å². The molecule has 0 fully saturated rings. The van der Waals surface area contributed by atoms with E-state index in [1.54, 1.807) is 24.3 Å². The van der Waals surface area contributed by atoms with Crippen molar-refractivity contribution in [3.63, 3.8) is 0 Å². The monoisotopic (exact) mass is 293 g/mol. The second-order valence-corrected chi connectivity index (χ2v) is 4.64. The molecule has 0 saturated heterocycles. The van der Waals surface area contributed by atoms with Crippen LogP contribution in [0, 0.1) is 0 Å². The standard InChI is InChI=1S/C15H23N3O3/c1-3-4-5-6-11-14(19)17-18-15(20)16-12-9-7-8-10-13(12)21-2/h7-10H,3-6,11H2,1-2H3,(H,17,19)(H2,16,18,20). The Kier molecular flexibility index (Phi) is 7.71. The lowest BCUT2D eigenvalue weighted by Crippen LogP contribution is -2.43. The van der Waals surface area contributed by atoms with E-state index in [-0.39, 0.29) is 5.91 Å². The molecule has 0 unspecified atom stereocenters. The predicted molar refractivity (Wildman–Crippen MR) is 82.1 cm³/mol. The summed E-state index contributed by atoms with van der Waals surface area (Å²) in [5.74, 6) is 0.361. The summed E-state index contributed by atoms with van der Waals surface area (Å²) in [6, 6.07) is 6.53. The van der Waals surface area contributed by atoms with Gasteiger partial charge in [0.25, 0.3) is 0 Å². The van der Waals surface area contributed by atoms with Gasteiger partial charge >= 0.3 is 6.03 Å². The van der Waals surface area contributed by atoms with Gasteiger partial charge in [-0.25, -0.2) is 10.2 Å². The van der Waals surface area contributed by atoms with Crippen molar-refractivity contribution < 1.29 is 14.3 Å². The number of ether oxygens (including phenoxy) is 1. The maximum atomic E-state index is 11.7. The zero-order valence-electron chi connectivity index (χ0n) is 12.6. The van der Waals surface area contributed by atoms with Gasteiger partial charge in [-0.05, 0) is 18.6 Å². The molecule has 1 aromatic rings.